The van der Waals surface area contributed by atoms with Crippen molar-refractivity contribution in [2.75, 3.05) is 6.54 Å². The summed E-state index contributed by atoms with van der Waals surface area (Å²) in [5.74, 6) is -0.419. The van der Waals surface area contributed by atoms with Gasteiger partial charge in [0.2, 0.25) is 0 Å². The molecule has 1 aliphatic rings. The van der Waals surface area contributed by atoms with Gasteiger partial charge < -0.3 is 20.7 Å². The zero-order chi connectivity index (χ0) is 22.7. The van der Waals surface area contributed by atoms with Gasteiger partial charge in [-0.25, -0.2) is 4.68 Å². The van der Waals surface area contributed by atoms with Crippen LogP contribution in [0.1, 0.15) is 42.5 Å². The van der Waals surface area contributed by atoms with E-state index >= 15 is 0 Å². The number of esters is 1. The minimum absolute atomic E-state index is 0.0227. The number of rotatable bonds is 6. The van der Waals surface area contributed by atoms with Crippen LogP contribution in [0, 0.1) is 6.92 Å². The first-order chi connectivity index (χ1) is 15.4. The van der Waals surface area contributed by atoms with Gasteiger partial charge in [-0.05, 0) is 56.4 Å². The molecule has 7 heteroatoms. The maximum absolute atomic E-state index is 11.5. The molecule has 1 fully saturated rings. The van der Waals surface area contributed by atoms with Crippen molar-refractivity contribution in [3.8, 4) is 16.9 Å². The summed E-state index contributed by atoms with van der Waals surface area (Å²) in [4.78, 5) is 11.5. The molecule has 0 radical (unpaired) electrons. The van der Waals surface area contributed by atoms with Crippen LogP contribution < -0.4 is 5.73 Å². The zero-order valence-electron chi connectivity index (χ0n) is 18.2. The number of aryl methyl sites for hydroxylation is 1. The molecule has 4 N–H and O–H groups in total. The van der Waals surface area contributed by atoms with Crippen LogP contribution in [0.25, 0.3) is 16.9 Å². The summed E-state index contributed by atoms with van der Waals surface area (Å²) in [6, 6.07) is 17.7. The van der Waals surface area contributed by atoms with E-state index in [1.807, 2.05) is 66.2 Å². The maximum atomic E-state index is 11.5. The molecule has 7 nitrogen and oxygen atoms in total. The lowest BCUT2D eigenvalue weighted by Crippen LogP contribution is -2.36. The lowest BCUT2D eigenvalue weighted by molar-refractivity contribution is -0.152. The lowest BCUT2D eigenvalue weighted by Gasteiger charge is -2.34. The Hall–Kier alpha value is -3.00. The molecule has 1 aliphatic carbocycles. The summed E-state index contributed by atoms with van der Waals surface area (Å²) in [5.41, 5.74) is 9.55. The Bertz CT molecular complexity index is 1070. The fourth-order valence-electron chi connectivity index (χ4n) is 4.15. The van der Waals surface area contributed by atoms with Crippen LogP contribution in [0.3, 0.4) is 0 Å². The van der Waals surface area contributed by atoms with E-state index in [1.165, 1.54) is 0 Å². The van der Waals surface area contributed by atoms with Gasteiger partial charge in [0.05, 0.1) is 30.2 Å². The number of nitrogens with two attached hydrogens (primary N) is 1. The van der Waals surface area contributed by atoms with Crippen LogP contribution in [0.4, 0.5) is 0 Å². The van der Waals surface area contributed by atoms with Crippen LogP contribution in [0.15, 0.2) is 54.6 Å². The average Bonchev–Trinajstić information content (AvgIpc) is 3.27. The van der Waals surface area contributed by atoms with Crippen molar-refractivity contribution in [1.82, 2.24) is 9.78 Å². The van der Waals surface area contributed by atoms with Crippen molar-refractivity contribution in [2.45, 2.75) is 50.9 Å². The van der Waals surface area contributed by atoms with Gasteiger partial charge in [0.1, 0.15) is 11.7 Å². The molecule has 0 spiro atoms. The van der Waals surface area contributed by atoms with Crippen LogP contribution >= 0.6 is 0 Å². The van der Waals surface area contributed by atoms with Crippen LogP contribution in [0.5, 0.6) is 0 Å². The SMILES string of the molecule is Cc1ccc(-c2cc(C3(O)CCC(OC(=O)CN)CC3)nn2-c2ccc(CO)cc2)cc1. The number of carbonyl (C=O) groups is 1. The standard InChI is InChI=1S/C25H29N3O4/c1-17-2-6-19(7-3-17)22-14-23(27-28(22)20-8-4-18(16-29)5-9-20)25(31)12-10-21(11-13-25)32-24(30)15-26/h2-9,14,21,29,31H,10-13,15-16,26H2,1H3. The first kappa shape index (κ1) is 22.2. The van der Waals surface area contributed by atoms with E-state index in [0.717, 1.165) is 28.1 Å². The number of hydrogen-bond donors (Lipinski definition) is 3. The second-order valence-electron chi connectivity index (χ2n) is 8.44. The Kier molecular flexibility index (Phi) is 6.41. The van der Waals surface area contributed by atoms with Gasteiger partial charge in [0.25, 0.3) is 0 Å². The molecule has 0 saturated heterocycles. The number of hydrogen-bond acceptors (Lipinski definition) is 6. The fourth-order valence-corrected chi connectivity index (χ4v) is 4.15. The Labute approximate surface area is 187 Å². The van der Waals surface area contributed by atoms with E-state index in [4.69, 9.17) is 15.6 Å². The molecular weight excluding hydrogens is 406 g/mol. The van der Waals surface area contributed by atoms with Crippen LogP contribution in [-0.2, 0) is 21.7 Å². The van der Waals surface area contributed by atoms with Gasteiger partial charge in [-0.2, -0.15) is 5.10 Å². The molecule has 3 aromatic rings. The maximum Gasteiger partial charge on any atom is 0.319 e. The Morgan fingerprint density at radius 2 is 1.81 bits per heavy atom. The predicted molar refractivity (Wildman–Crippen MR) is 121 cm³/mol. The summed E-state index contributed by atoms with van der Waals surface area (Å²) in [7, 11) is 0. The molecule has 4 rings (SSSR count). The molecule has 32 heavy (non-hydrogen) atoms. The summed E-state index contributed by atoms with van der Waals surface area (Å²) in [5, 5.41) is 25.6. The van der Waals surface area contributed by atoms with E-state index in [-0.39, 0.29) is 19.3 Å². The number of nitrogens with zero attached hydrogens (tertiary/aromatic N) is 2. The van der Waals surface area contributed by atoms with Gasteiger partial charge in [0.15, 0.2) is 0 Å². The van der Waals surface area contributed by atoms with Crippen molar-refractivity contribution < 1.29 is 19.7 Å². The second kappa shape index (κ2) is 9.24. The summed E-state index contributed by atoms with van der Waals surface area (Å²) in [6.07, 6.45) is 1.78. The lowest BCUT2D eigenvalue weighted by atomic mass is 9.81. The normalized spacial score (nSPS) is 20.8. The van der Waals surface area contributed by atoms with E-state index in [1.54, 1.807) is 0 Å². The van der Waals surface area contributed by atoms with E-state index in [9.17, 15) is 15.0 Å². The molecule has 1 aromatic heterocycles. The molecule has 0 bridgehead atoms. The summed E-state index contributed by atoms with van der Waals surface area (Å²) in [6.45, 7) is 1.88. The third kappa shape index (κ3) is 4.60. The van der Waals surface area contributed by atoms with Crippen molar-refractivity contribution >= 4 is 5.97 Å². The Balaban J connectivity index is 1.67. The van der Waals surface area contributed by atoms with Crippen LogP contribution in [0.2, 0.25) is 0 Å². The third-order valence-electron chi connectivity index (χ3n) is 6.12. The highest BCUT2D eigenvalue weighted by Gasteiger charge is 2.38. The van der Waals surface area contributed by atoms with E-state index < -0.39 is 11.6 Å². The van der Waals surface area contributed by atoms with Crippen molar-refractivity contribution in [3.05, 3.63) is 71.4 Å². The third-order valence-corrected chi connectivity index (χ3v) is 6.12. The molecule has 1 heterocycles. The zero-order valence-corrected chi connectivity index (χ0v) is 18.2. The molecule has 1 saturated carbocycles. The number of benzene rings is 2. The highest BCUT2D eigenvalue weighted by Crippen LogP contribution is 2.39. The van der Waals surface area contributed by atoms with Gasteiger partial charge >= 0.3 is 5.97 Å². The summed E-state index contributed by atoms with van der Waals surface area (Å²) < 4.78 is 7.18. The van der Waals surface area contributed by atoms with Gasteiger partial charge in [-0.15, -0.1) is 0 Å². The second-order valence-corrected chi connectivity index (χ2v) is 8.44. The predicted octanol–water partition coefficient (Wildman–Crippen LogP) is 2.97. The first-order valence-corrected chi connectivity index (χ1v) is 10.9. The quantitative estimate of drug-likeness (QED) is 0.514. The van der Waals surface area contributed by atoms with Gasteiger partial charge in [-0.1, -0.05) is 42.0 Å². The van der Waals surface area contributed by atoms with Gasteiger partial charge in [0, 0.05) is 5.56 Å². The largest absolute Gasteiger partial charge is 0.461 e. The molecular formula is C25H29N3O4. The molecule has 0 unspecified atom stereocenters. The van der Waals surface area contributed by atoms with Crippen molar-refractivity contribution in [2.24, 2.45) is 5.73 Å². The highest BCUT2D eigenvalue weighted by molar-refractivity contribution is 5.71. The minimum atomic E-state index is -1.10. The minimum Gasteiger partial charge on any atom is -0.461 e. The van der Waals surface area contributed by atoms with E-state index in [0.29, 0.717) is 31.4 Å². The highest BCUT2D eigenvalue weighted by atomic mass is 16.5. The number of aromatic nitrogens is 2. The number of ether oxygens (including phenoxy) is 1. The van der Waals surface area contributed by atoms with Crippen molar-refractivity contribution in [3.63, 3.8) is 0 Å². The number of carbonyl (C=O) groups excluding carboxylic acids is 1. The number of aliphatic hydroxyl groups is 2. The summed E-state index contributed by atoms with van der Waals surface area (Å²) >= 11 is 0. The fraction of sp³-hybridized carbons (Fsp3) is 0.360. The Morgan fingerprint density at radius 3 is 2.41 bits per heavy atom. The van der Waals surface area contributed by atoms with Gasteiger partial charge in [-0.3, -0.25) is 4.79 Å². The molecule has 0 aliphatic heterocycles. The van der Waals surface area contributed by atoms with E-state index in [2.05, 4.69) is 0 Å². The van der Waals surface area contributed by atoms with Crippen molar-refractivity contribution in [1.29, 1.82) is 0 Å². The number of aliphatic hydroxyl groups excluding tert-OH is 1. The molecule has 0 atom stereocenters. The Morgan fingerprint density at radius 1 is 1.16 bits per heavy atom. The topological polar surface area (TPSA) is 111 Å². The average molecular weight is 436 g/mol. The first-order valence-electron chi connectivity index (χ1n) is 10.9. The monoisotopic (exact) mass is 435 g/mol. The van der Waals surface area contributed by atoms with Crippen LogP contribution in [-0.4, -0.2) is 38.6 Å². The molecule has 2 aromatic carbocycles. The smallest absolute Gasteiger partial charge is 0.319 e. The molecule has 168 valence electrons. The molecule has 0 amide bonds.